The Bertz CT molecular complexity index is 599. The van der Waals surface area contributed by atoms with Gasteiger partial charge >= 0.3 is 0 Å². The second kappa shape index (κ2) is 8.41. The Morgan fingerprint density at radius 1 is 1.08 bits per heavy atom. The smallest absolute Gasteiger partial charge is 0.0270 e. The number of likely N-dealkylation sites (tertiary alicyclic amines) is 1. The number of hydrogen-bond acceptors (Lipinski definition) is 3. The first kappa shape index (κ1) is 17.1. The summed E-state index contributed by atoms with van der Waals surface area (Å²) in [5, 5.41) is 0. The SMILES string of the molecule is CC1CC(N(C)CCc2ccncc2)CCN1Cc1ccccc1. The summed E-state index contributed by atoms with van der Waals surface area (Å²) in [4.78, 5) is 9.28. The monoisotopic (exact) mass is 323 g/mol. The molecule has 1 fully saturated rings. The molecule has 1 saturated heterocycles. The molecule has 0 radical (unpaired) electrons. The summed E-state index contributed by atoms with van der Waals surface area (Å²) in [5.41, 5.74) is 2.81. The zero-order valence-electron chi connectivity index (χ0n) is 14.9. The second-order valence-electron chi connectivity index (χ2n) is 7.07. The van der Waals surface area contributed by atoms with E-state index in [1.165, 1.54) is 30.5 Å². The Morgan fingerprint density at radius 3 is 2.54 bits per heavy atom. The number of rotatable bonds is 6. The molecule has 0 bridgehead atoms. The first-order valence-corrected chi connectivity index (χ1v) is 9.09. The van der Waals surface area contributed by atoms with Gasteiger partial charge in [-0.25, -0.2) is 0 Å². The molecule has 128 valence electrons. The van der Waals surface area contributed by atoms with Crippen LogP contribution < -0.4 is 0 Å². The fourth-order valence-electron chi connectivity index (χ4n) is 3.69. The summed E-state index contributed by atoms with van der Waals surface area (Å²) in [6, 6.07) is 16.4. The highest BCUT2D eigenvalue weighted by atomic mass is 15.2. The molecule has 3 heteroatoms. The molecule has 0 N–H and O–H groups in total. The van der Waals surface area contributed by atoms with Crippen molar-refractivity contribution in [2.24, 2.45) is 0 Å². The first-order valence-electron chi connectivity index (χ1n) is 9.09. The van der Waals surface area contributed by atoms with Crippen LogP contribution in [-0.2, 0) is 13.0 Å². The fourth-order valence-corrected chi connectivity index (χ4v) is 3.69. The van der Waals surface area contributed by atoms with Gasteiger partial charge in [0.05, 0.1) is 0 Å². The van der Waals surface area contributed by atoms with Crippen LogP contribution in [0.2, 0.25) is 0 Å². The van der Waals surface area contributed by atoms with Crippen molar-refractivity contribution in [2.45, 2.75) is 44.8 Å². The molecule has 24 heavy (non-hydrogen) atoms. The lowest BCUT2D eigenvalue weighted by atomic mass is 9.96. The zero-order valence-corrected chi connectivity index (χ0v) is 14.9. The van der Waals surface area contributed by atoms with E-state index in [0.29, 0.717) is 12.1 Å². The van der Waals surface area contributed by atoms with Gasteiger partial charge < -0.3 is 4.90 Å². The summed E-state index contributed by atoms with van der Waals surface area (Å²) in [7, 11) is 2.28. The van der Waals surface area contributed by atoms with Gasteiger partial charge in [-0.1, -0.05) is 30.3 Å². The number of piperidine rings is 1. The van der Waals surface area contributed by atoms with Crippen LogP contribution in [0.1, 0.15) is 30.9 Å². The van der Waals surface area contributed by atoms with Crippen LogP contribution >= 0.6 is 0 Å². The molecule has 2 unspecified atom stereocenters. The summed E-state index contributed by atoms with van der Waals surface area (Å²) in [5.74, 6) is 0. The largest absolute Gasteiger partial charge is 0.303 e. The highest BCUT2D eigenvalue weighted by Crippen LogP contribution is 2.23. The molecule has 3 nitrogen and oxygen atoms in total. The highest BCUT2D eigenvalue weighted by molar-refractivity contribution is 5.15. The van der Waals surface area contributed by atoms with E-state index < -0.39 is 0 Å². The molecule has 3 rings (SSSR count). The van der Waals surface area contributed by atoms with Crippen molar-refractivity contribution in [3.05, 3.63) is 66.0 Å². The Labute approximate surface area is 146 Å². The first-order chi connectivity index (χ1) is 11.7. The van der Waals surface area contributed by atoms with E-state index in [-0.39, 0.29) is 0 Å². The Kier molecular flexibility index (Phi) is 6.00. The van der Waals surface area contributed by atoms with E-state index in [0.717, 1.165) is 19.5 Å². The molecule has 2 atom stereocenters. The number of pyridine rings is 1. The van der Waals surface area contributed by atoms with Gasteiger partial charge in [-0.15, -0.1) is 0 Å². The summed E-state index contributed by atoms with van der Waals surface area (Å²) in [6.45, 7) is 5.78. The van der Waals surface area contributed by atoms with Gasteiger partial charge in [0.15, 0.2) is 0 Å². The van der Waals surface area contributed by atoms with Crippen molar-refractivity contribution >= 4 is 0 Å². The number of aromatic nitrogens is 1. The standard InChI is InChI=1S/C21H29N3/c1-18-16-21(23(2)14-10-19-8-12-22-13-9-19)11-15-24(18)17-20-6-4-3-5-7-20/h3-9,12-13,18,21H,10-11,14-17H2,1-2H3. The lowest BCUT2D eigenvalue weighted by molar-refractivity contribution is 0.0809. The van der Waals surface area contributed by atoms with Gasteiger partial charge in [-0.2, -0.15) is 0 Å². The molecule has 1 aliphatic heterocycles. The molecule has 0 saturated carbocycles. The maximum atomic E-state index is 4.10. The molecule has 2 aromatic rings. The molecule has 2 heterocycles. The van der Waals surface area contributed by atoms with E-state index in [9.17, 15) is 0 Å². The van der Waals surface area contributed by atoms with Crippen LogP contribution in [-0.4, -0.2) is 47.0 Å². The van der Waals surface area contributed by atoms with Gasteiger partial charge in [0.1, 0.15) is 0 Å². The van der Waals surface area contributed by atoms with E-state index >= 15 is 0 Å². The third-order valence-electron chi connectivity index (χ3n) is 5.34. The molecule has 1 aliphatic rings. The minimum absolute atomic E-state index is 0.646. The van der Waals surface area contributed by atoms with Crippen molar-refractivity contribution in [1.29, 1.82) is 0 Å². The summed E-state index contributed by atoms with van der Waals surface area (Å²) < 4.78 is 0. The maximum Gasteiger partial charge on any atom is 0.0270 e. The van der Waals surface area contributed by atoms with Crippen LogP contribution in [0.3, 0.4) is 0 Å². The normalized spacial score (nSPS) is 22.0. The Balaban J connectivity index is 1.47. The van der Waals surface area contributed by atoms with E-state index in [4.69, 9.17) is 0 Å². The van der Waals surface area contributed by atoms with Gasteiger partial charge in [0.2, 0.25) is 0 Å². The number of benzene rings is 1. The van der Waals surface area contributed by atoms with Crippen LogP contribution in [0.15, 0.2) is 54.9 Å². The number of hydrogen-bond donors (Lipinski definition) is 0. The zero-order chi connectivity index (χ0) is 16.8. The van der Waals surface area contributed by atoms with E-state index in [2.05, 4.69) is 71.2 Å². The minimum Gasteiger partial charge on any atom is -0.303 e. The minimum atomic E-state index is 0.646. The fraction of sp³-hybridized carbons (Fsp3) is 0.476. The molecule has 0 aliphatic carbocycles. The molecular weight excluding hydrogens is 294 g/mol. The quantitative estimate of drug-likeness (QED) is 0.809. The van der Waals surface area contributed by atoms with Gasteiger partial charge in [-0.05, 0) is 56.5 Å². The van der Waals surface area contributed by atoms with Crippen molar-refractivity contribution in [3.63, 3.8) is 0 Å². The van der Waals surface area contributed by atoms with Crippen molar-refractivity contribution in [3.8, 4) is 0 Å². The molecule has 1 aromatic carbocycles. The topological polar surface area (TPSA) is 19.4 Å². The van der Waals surface area contributed by atoms with E-state index in [1.807, 2.05) is 12.4 Å². The van der Waals surface area contributed by atoms with Gasteiger partial charge in [0, 0.05) is 44.1 Å². The molecule has 0 amide bonds. The second-order valence-corrected chi connectivity index (χ2v) is 7.07. The predicted molar refractivity (Wildman–Crippen MR) is 99.9 cm³/mol. The summed E-state index contributed by atoms with van der Waals surface area (Å²) in [6.07, 6.45) is 7.42. The van der Waals surface area contributed by atoms with Gasteiger partial charge in [0.25, 0.3) is 0 Å². The molecular formula is C21H29N3. The molecule has 0 spiro atoms. The average molecular weight is 323 g/mol. The van der Waals surface area contributed by atoms with Crippen molar-refractivity contribution in [1.82, 2.24) is 14.8 Å². The number of likely N-dealkylation sites (N-methyl/N-ethyl adjacent to an activating group) is 1. The van der Waals surface area contributed by atoms with Gasteiger partial charge in [-0.3, -0.25) is 9.88 Å². The van der Waals surface area contributed by atoms with Crippen LogP contribution in [0.25, 0.3) is 0 Å². The van der Waals surface area contributed by atoms with Crippen molar-refractivity contribution in [2.75, 3.05) is 20.1 Å². The lowest BCUT2D eigenvalue weighted by Crippen LogP contribution is -2.47. The third-order valence-corrected chi connectivity index (χ3v) is 5.34. The molecule has 1 aromatic heterocycles. The predicted octanol–water partition coefficient (Wildman–Crippen LogP) is 3.61. The van der Waals surface area contributed by atoms with E-state index in [1.54, 1.807) is 0 Å². The Hall–Kier alpha value is -1.71. The lowest BCUT2D eigenvalue weighted by Gasteiger charge is -2.41. The summed E-state index contributed by atoms with van der Waals surface area (Å²) >= 11 is 0. The Morgan fingerprint density at radius 2 is 1.83 bits per heavy atom. The third kappa shape index (κ3) is 4.65. The van der Waals surface area contributed by atoms with Crippen LogP contribution in [0.5, 0.6) is 0 Å². The number of nitrogens with zero attached hydrogens (tertiary/aromatic N) is 3. The average Bonchev–Trinajstić information content (AvgIpc) is 2.63. The van der Waals surface area contributed by atoms with Crippen LogP contribution in [0, 0.1) is 0 Å². The highest BCUT2D eigenvalue weighted by Gasteiger charge is 2.27. The van der Waals surface area contributed by atoms with Crippen molar-refractivity contribution < 1.29 is 0 Å². The maximum absolute atomic E-state index is 4.10. The van der Waals surface area contributed by atoms with Crippen LogP contribution in [0.4, 0.5) is 0 Å².